The maximum Gasteiger partial charge on any atom is 0.142 e. The van der Waals surface area contributed by atoms with E-state index in [0.29, 0.717) is 0 Å². The zero-order valence-electron chi connectivity index (χ0n) is 47.5. The van der Waals surface area contributed by atoms with Crippen LogP contribution in [0.3, 0.4) is 0 Å². The van der Waals surface area contributed by atoms with Gasteiger partial charge in [-0.15, -0.1) is 0 Å². The van der Waals surface area contributed by atoms with Crippen LogP contribution in [0.25, 0.3) is 109 Å². The number of hydrogen-bond donors (Lipinski definition) is 0. The molecule has 15 rings (SSSR count). The van der Waals surface area contributed by atoms with E-state index >= 15 is 0 Å². The van der Waals surface area contributed by atoms with Gasteiger partial charge in [0.25, 0.3) is 0 Å². The number of hydrogen-bond acceptors (Lipinski definition) is 6. The molecule has 0 unspecified atom stereocenters. The van der Waals surface area contributed by atoms with Crippen LogP contribution < -0.4 is 9.80 Å². The van der Waals surface area contributed by atoms with Gasteiger partial charge in [0.1, 0.15) is 44.7 Å². The van der Waals surface area contributed by atoms with Crippen LogP contribution in [0, 0.1) is 13.8 Å². The van der Waals surface area contributed by atoms with Crippen LogP contribution in [0.15, 0.2) is 206 Å². The molecule has 396 valence electrons. The number of anilines is 6. The highest BCUT2D eigenvalue weighted by Gasteiger charge is 2.26. The summed E-state index contributed by atoms with van der Waals surface area (Å²) in [7, 11) is 0. The summed E-state index contributed by atoms with van der Waals surface area (Å²) in [6, 6.07) is 68.7. The Balaban J connectivity index is 0.838. The van der Waals surface area contributed by atoms with E-state index in [9.17, 15) is 0 Å². The smallest absolute Gasteiger partial charge is 0.142 e. The van der Waals surface area contributed by atoms with E-state index in [-0.39, 0.29) is 16.7 Å². The number of benzene rings is 11. The minimum atomic E-state index is -0.0572. The Labute approximate surface area is 470 Å². The highest BCUT2D eigenvalue weighted by atomic mass is 16.3. The molecule has 4 aromatic heterocycles. The summed E-state index contributed by atoms with van der Waals surface area (Å²) in [4.78, 5) is 4.69. The van der Waals surface area contributed by atoms with Gasteiger partial charge in [-0.25, -0.2) is 0 Å². The number of furan rings is 4. The number of para-hydroxylation sites is 2. The van der Waals surface area contributed by atoms with Crippen molar-refractivity contribution in [2.45, 2.75) is 86.0 Å². The molecular formula is C75H62N2O4. The number of nitrogens with zero attached hydrogens (tertiary/aromatic N) is 2. The third kappa shape index (κ3) is 7.82. The summed E-state index contributed by atoms with van der Waals surface area (Å²) in [6.07, 6.45) is 0. The van der Waals surface area contributed by atoms with E-state index in [4.69, 9.17) is 17.7 Å². The maximum atomic E-state index is 7.03. The Morgan fingerprint density at radius 2 is 0.679 bits per heavy atom. The van der Waals surface area contributed by atoms with Gasteiger partial charge < -0.3 is 27.5 Å². The van der Waals surface area contributed by atoms with Gasteiger partial charge >= 0.3 is 0 Å². The van der Waals surface area contributed by atoms with Gasteiger partial charge in [0.2, 0.25) is 0 Å². The lowest BCUT2D eigenvalue weighted by Gasteiger charge is -2.26. The predicted octanol–water partition coefficient (Wildman–Crippen LogP) is 22.9. The van der Waals surface area contributed by atoms with Crippen molar-refractivity contribution >= 4 is 143 Å². The van der Waals surface area contributed by atoms with Gasteiger partial charge in [0, 0.05) is 93.9 Å². The second kappa shape index (κ2) is 17.6. The normalized spacial score (nSPS) is 12.7. The van der Waals surface area contributed by atoms with Crippen molar-refractivity contribution in [2.24, 2.45) is 0 Å². The molecule has 0 bridgehead atoms. The Morgan fingerprint density at radius 3 is 1.09 bits per heavy atom. The van der Waals surface area contributed by atoms with Crippen molar-refractivity contribution in [1.82, 2.24) is 0 Å². The lowest BCUT2D eigenvalue weighted by Crippen LogP contribution is -2.11. The Hall–Kier alpha value is -9.26. The number of fused-ring (bicyclic) bond motifs is 14. The van der Waals surface area contributed by atoms with E-state index in [1.165, 1.54) is 22.3 Å². The molecule has 0 saturated heterocycles. The molecule has 81 heavy (non-hydrogen) atoms. The highest BCUT2D eigenvalue weighted by molar-refractivity contribution is 6.20. The monoisotopic (exact) mass is 1050 g/mol. The van der Waals surface area contributed by atoms with Crippen molar-refractivity contribution in [1.29, 1.82) is 0 Å². The maximum absolute atomic E-state index is 7.03. The Morgan fingerprint density at radius 1 is 0.309 bits per heavy atom. The van der Waals surface area contributed by atoms with Crippen LogP contribution >= 0.6 is 0 Å². The van der Waals surface area contributed by atoms with Crippen LogP contribution in [0.2, 0.25) is 0 Å². The topological polar surface area (TPSA) is 59.0 Å². The molecule has 6 nitrogen and oxygen atoms in total. The zero-order chi connectivity index (χ0) is 55.4. The summed E-state index contributed by atoms with van der Waals surface area (Å²) >= 11 is 0. The molecular weight excluding hydrogens is 993 g/mol. The number of rotatable bonds is 7. The third-order valence-corrected chi connectivity index (χ3v) is 16.9. The van der Waals surface area contributed by atoms with Gasteiger partial charge in [-0.2, -0.15) is 0 Å². The fourth-order valence-electron chi connectivity index (χ4n) is 12.7. The standard InChI is InChI=1S/C75H62N2O4/c1-42(2)69-72-61(57-35-45-21-27-51(33-47(45)37-67(57)80-72)76(49-23-17-43(3)18-24-49)53-29-31-65-59(39-53)55-13-11-15-63(70(55)78-65)74(5,6)7)41-62-58-36-46-22-28-52(34-48(46)38-68(58)81-73(62)69)77(50-25-19-44(4)20-26-50)54-30-32-66-60(40-54)56-14-12-16-64(71(56)79-66)75(8,9)10/h11-42H,1-10H3. The van der Waals surface area contributed by atoms with Crippen LogP contribution in [-0.4, -0.2) is 0 Å². The second-order valence-corrected chi connectivity index (χ2v) is 24.9. The van der Waals surface area contributed by atoms with Gasteiger partial charge in [0.15, 0.2) is 0 Å². The first-order chi connectivity index (χ1) is 39.0. The summed E-state index contributed by atoms with van der Waals surface area (Å²) in [5.41, 5.74) is 19.3. The molecule has 0 amide bonds. The molecule has 0 atom stereocenters. The average Bonchev–Trinajstić information content (AvgIpc) is 4.31. The molecule has 0 aliphatic carbocycles. The molecule has 0 saturated carbocycles. The molecule has 0 fully saturated rings. The highest BCUT2D eigenvalue weighted by Crippen LogP contribution is 2.48. The molecule has 0 N–H and O–H groups in total. The average molecular weight is 1060 g/mol. The quantitative estimate of drug-likeness (QED) is 0.159. The first kappa shape index (κ1) is 48.8. The van der Waals surface area contributed by atoms with Crippen LogP contribution in [-0.2, 0) is 10.8 Å². The van der Waals surface area contributed by atoms with Gasteiger partial charge in [-0.3, -0.25) is 0 Å². The molecule has 15 aromatic rings. The van der Waals surface area contributed by atoms with Crippen molar-refractivity contribution < 1.29 is 17.7 Å². The first-order valence-electron chi connectivity index (χ1n) is 28.4. The molecule has 6 heteroatoms. The van der Waals surface area contributed by atoms with Crippen LogP contribution in [0.4, 0.5) is 34.1 Å². The Kier molecular flexibility index (Phi) is 10.6. The predicted molar refractivity (Wildman–Crippen MR) is 341 cm³/mol. The Bertz CT molecular complexity index is 4750. The first-order valence-corrected chi connectivity index (χ1v) is 28.4. The van der Waals surface area contributed by atoms with Crippen LogP contribution in [0.1, 0.15) is 89.1 Å². The fourth-order valence-corrected chi connectivity index (χ4v) is 12.7. The van der Waals surface area contributed by atoms with E-state index < -0.39 is 0 Å². The summed E-state index contributed by atoms with van der Waals surface area (Å²) in [6.45, 7) is 22.2. The molecule has 0 spiro atoms. The van der Waals surface area contributed by atoms with E-state index in [1.807, 2.05) is 0 Å². The third-order valence-electron chi connectivity index (χ3n) is 16.9. The summed E-state index contributed by atoms with van der Waals surface area (Å²) in [5.74, 6) is 0.125. The van der Waals surface area contributed by atoms with Crippen LogP contribution in [0.5, 0.6) is 0 Å². The SMILES string of the molecule is Cc1ccc(N(c2ccc3cc4c(cc3c2)oc2c(C(C)C)c3oc5cc6cc(N(c7ccc(C)cc7)c7ccc8oc9c(C(C)(C)C)cccc9c8c7)ccc6cc5c3cc24)c2ccc3oc4c(C(C)(C)C)cccc4c3c2)cc1. The van der Waals surface area contributed by atoms with Gasteiger partial charge in [0.05, 0.1) is 0 Å². The molecule has 0 aliphatic heterocycles. The minimum Gasteiger partial charge on any atom is -0.456 e. The van der Waals surface area contributed by atoms with Crippen molar-refractivity contribution in [3.8, 4) is 0 Å². The van der Waals surface area contributed by atoms with Crippen molar-refractivity contribution in [2.75, 3.05) is 9.80 Å². The molecule has 0 radical (unpaired) electrons. The molecule has 11 aromatic carbocycles. The number of aryl methyl sites for hydroxylation is 2. The van der Waals surface area contributed by atoms with Gasteiger partial charge in [-0.1, -0.05) is 139 Å². The van der Waals surface area contributed by atoms with Gasteiger partial charge in [-0.05, 0) is 167 Å². The summed E-state index contributed by atoms with van der Waals surface area (Å²) in [5, 5.41) is 13.3. The molecule has 4 heterocycles. The van der Waals surface area contributed by atoms with Crippen molar-refractivity contribution in [3.05, 3.63) is 216 Å². The van der Waals surface area contributed by atoms with E-state index in [0.717, 1.165) is 149 Å². The zero-order valence-corrected chi connectivity index (χ0v) is 47.5. The lowest BCUT2D eigenvalue weighted by atomic mass is 9.86. The second-order valence-electron chi connectivity index (χ2n) is 24.9. The van der Waals surface area contributed by atoms with E-state index in [2.05, 4.69) is 267 Å². The van der Waals surface area contributed by atoms with E-state index in [1.54, 1.807) is 0 Å². The van der Waals surface area contributed by atoms with Crippen molar-refractivity contribution in [3.63, 3.8) is 0 Å². The summed E-state index contributed by atoms with van der Waals surface area (Å²) < 4.78 is 27.3. The molecule has 0 aliphatic rings. The largest absolute Gasteiger partial charge is 0.456 e. The minimum absolute atomic E-state index is 0.0572. The lowest BCUT2D eigenvalue weighted by molar-refractivity contribution is 0.572. The fraction of sp³-hybridized carbons (Fsp3) is 0.173.